The van der Waals surface area contributed by atoms with Crippen LogP contribution >= 0.6 is 15.9 Å². The normalized spacial score (nSPS) is 11.9. The molecule has 4 rings (SSSR count). The first-order valence-corrected chi connectivity index (χ1v) is 12.0. The van der Waals surface area contributed by atoms with Gasteiger partial charge in [-0.2, -0.15) is 0 Å². The van der Waals surface area contributed by atoms with Crippen molar-refractivity contribution in [1.82, 2.24) is 10.3 Å². The van der Waals surface area contributed by atoms with Crippen LogP contribution in [0.3, 0.4) is 0 Å². The number of carboxylic acid groups (broad SMARTS) is 1. The Bertz CT molecular complexity index is 1260. The average molecular weight is 523 g/mol. The molecule has 0 unspecified atom stereocenters. The van der Waals surface area contributed by atoms with Gasteiger partial charge in [0.15, 0.2) is 11.5 Å². The SMILES string of the molecule is CCOc1cc(CN[C@H](Cc2c[nH]c3ccccc23)C(=O)O)cc(Br)c1OCc1ccccc1. The zero-order valence-corrected chi connectivity index (χ0v) is 20.5. The maximum atomic E-state index is 12.0. The number of carboxylic acids is 1. The first-order chi connectivity index (χ1) is 16.5. The topological polar surface area (TPSA) is 83.6 Å². The predicted molar refractivity (Wildman–Crippen MR) is 136 cm³/mol. The molecule has 0 aliphatic rings. The third-order valence-electron chi connectivity index (χ3n) is 5.54. The fourth-order valence-corrected chi connectivity index (χ4v) is 4.47. The predicted octanol–water partition coefficient (Wildman–Crippen LogP) is 5.69. The summed E-state index contributed by atoms with van der Waals surface area (Å²) < 4.78 is 12.6. The number of halogens is 1. The van der Waals surface area contributed by atoms with E-state index >= 15 is 0 Å². The van der Waals surface area contributed by atoms with Gasteiger partial charge in [0.25, 0.3) is 0 Å². The summed E-state index contributed by atoms with van der Waals surface area (Å²) in [6, 6.07) is 20.9. The van der Waals surface area contributed by atoms with E-state index in [4.69, 9.17) is 9.47 Å². The highest BCUT2D eigenvalue weighted by atomic mass is 79.9. The van der Waals surface area contributed by atoms with Gasteiger partial charge in [-0.05, 0) is 57.7 Å². The van der Waals surface area contributed by atoms with Crippen molar-refractivity contribution in [2.75, 3.05) is 6.61 Å². The van der Waals surface area contributed by atoms with E-state index in [9.17, 15) is 9.90 Å². The van der Waals surface area contributed by atoms with E-state index in [2.05, 4.69) is 26.2 Å². The molecular weight excluding hydrogens is 496 g/mol. The minimum absolute atomic E-state index is 0.372. The second-order valence-electron chi connectivity index (χ2n) is 7.95. The van der Waals surface area contributed by atoms with Crippen molar-refractivity contribution in [3.05, 3.63) is 94.1 Å². The number of carbonyl (C=O) groups is 1. The number of aromatic amines is 1. The molecule has 3 aromatic carbocycles. The number of aromatic nitrogens is 1. The zero-order valence-electron chi connectivity index (χ0n) is 18.9. The van der Waals surface area contributed by atoms with E-state index < -0.39 is 12.0 Å². The number of ether oxygens (including phenoxy) is 2. The van der Waals surface area contributed by atoms with Crippen molar-refractivity contribution >= 4 is 32.8 Å². The Morgan fingerprint density at radius 1 is 1.06 bits per heavy atom. The van der Waals surface area contributed by atoms with Crippen LogP contribution in [0.1, 0.15) is 23.6 Å². The molecule has 0 aliphatic carbocycles. The quantitative estimate of drug-likeness (QED) is 0.235. The van der Waals surface area contributed by atoms with E-state index in [-0.39, 0.29) is 0 Å². The Labute approximate surface area is 207 Å². The van der Waals surface area contributed by atoms with Crippen LogP contribution in [-0.2, 0) is 24.4 Å². The number of hydrogen-bond donors (Lipinski definition) is 3. The lowest BCUT2D eigenvalue weighted by atomic mass is 10.0. The van der Waals surface area contributed by atoms with Crippen LogP contribution in [0.2, 0.25) is 0 Å². The summed E-state index contributed by atoms with van der Waals surface area (Å²) in [6.45, 7) is 3.20. The highest BCUT2D eigenvalue weighted by molar-refractivity contribution is 9.10. The second kappa shape index (κ2) is 11.2. The van der Waals surface area contributed by atoms with Gasteiger partial charge < -0.3 is 24.9 Å². The summed E-state index contributed by atoms with van der Waals surface area (Å²) in [4.78, 5) is 15.2. The van der Waals surface area contributed by atoms with Crippen LogP contribution in [-0.4, -0.2) is 28.7 Å². The van der Waals surface area contributed by atoms with Gasteiger partial charge >= 0.3 is 5.97 Å². The van der Waals surface area contributed by atoms with Gasteiger partial charge in [0, 0.05) is 30.1 Å². The molecule has 0 amide bonds. The van der Waals surface area contributed by atoms with Crippen molar-refractivity contribution in [3.63, 3.8) is 0 Å². The minimum atomic E-state index is -0.891. The summed E-state index contributed by atoms with van der Waals surface area (Å²) >= 11 is 3.60. The standard InChI is InChI=1S/C27H27BrN2O4/c1-2-33-25-13-19(12-22(28)26(25)34-17-18-8-4-3-5-9-18)15-29-24(27(31)32)14-20-16-30-23-11-7-6-10-21(20)23/h3-13,16,24,29-30H,2,14-15,17H2,1H3,(H,31,32)/t24-/m1/s1. The number of H-pyrrole nitrogens is 1. The Morgan fingerprint density at radius 3 is 2.59 bits per heavy atom. The van der Waals surface area contributed by atoms with Crippen molar-refractivity contribution < 1.29 is 19.4 Å². The van der Waals surface area contributed by atoms with Crippen LogP contribution in [0.5, 0.6) is 11.5 Å². The highest BCUT2D eigenvalue weighted by Gasteiger charge is 2.20. The van der Waals surface area contributed by atoms with Crippen molar-refractivity contribution in [2.45, 2.75) is 32.5 Å². The molecule has 0 saturated carbocycles. The fraction of sp³-hybridized carbons (Fsp3) is 0.222. The molecule has 0 fully saturated rings. The maximum absolute atomic E-state index is 12.0. The van der Waals surface area contributed by atoms with Crippen LogP contribution < -0.4 is 14.8 Å². The first kappa shape index (κ1) is 23.9. The molecule has 1 aromatic heterocycles. The van der Waals surface area contributed by atoms with Crippen molar-refractivity contribution in [1.29, 1.82) is 0 Å². The lowest BCUT2D eigenvalue weighted by molar-refractivity contribution is -0.139. The van der Waals surface area contributed by atoms with Gasteiger partial charge in [-0.3, -0.25) is 4.79 Å². The molecule has 0 spiro atoms. The molecule has 6 nitrogen and oxygen atoms in total. The van der Waals surface area contributed by atoms with Crippen LogP contribution in [0.15, 0.2) is 77.4 Å². The van der Waals surface area contributed by atoms with Gasteiger partial charge in [0.1, 0.15) is 12.6 Å². The van der Waals surface area contributed by atoms with Gasteiger partial charge in [0.05, 0.1) is 11.1 Å². The number of benzene rings is 3. The number of aliphatic carboxylic acids is 1. The summed E-state index contributed by atoms with van der Waals surface area (Å²) in [5.74, 6) is 0.355. The van der Waals surface area contributed by atoms with E-state index in [0.29, 0.717) is 37.7 Å². The fourth-order valence-electron chi connectivity index (χ4n) is 3.86. The van der Waals surface area contributed by atoms with Gasteiger partial charge in [0.2, 0.25) is 0 Å². The highest BCUT2D eigenvalue weighted by Crippen LogP contribution is 2.37. The number of fused-ring (bicyclic) bond motifs is 1. The van der Waals surface area contributed by atoms with E-state index in [0.717, 1.165) is 32.1 Å². The molecule has 0 bridgehead atoms. The maximum Gasteiger partial charge on any atom is 0.321 e. The lowest BCUT2D eigenvalue weighted by Crippen LogP contribution is -2.38. The minimum Gasteiger partial charge on any atom is -0.490 e. The van der Waals surface area contributed by atoms with Gasteiger partial charge in [-0.15, -0.1) is 0 Å². The number of rotatable bonds is 11. The summed E-state index contributed by atoms with van der Waals surface area (Å²) in [7, 11) is 0. The molecule has 0 radical (unpaired) electrons. The van der Waals surface area contributed by atoms with Crippen LogP contribution in [0, 0.1) is 0 Å². The molecule has 1 atom stereocenters. The summed E-state index contributed by atoms with van der Waals surface area (Å²) in [5.41, 5.74) is 3.92. The van der Waals surface area contributed by atoms with Gasteiger partial charge in [-0.1, -0.05) is 48.5 Å². The molecule has 0 saturated heterocycles. The molecule has 3 N–H and O–H groups in total. The monoisotopic (exact) mass is 522 g/mol. The number of para-hydroxylation sites is 1. The molecule has 176 valence electrons. The Hall–Kier alpha value is -3.29. The molecule has 7 heteroatoms. The summed E-state index contributed by atoms with van der Waals surface area (Å²) in [5, 5.41) is 14.0. The average Bonchev–Trinajstić information content (AvgIpc) is 3.24. The van der Waals surface area contributed by atoms with Crippen molar-refractivity contribution in [2.24, 2.45) is 0 Å². The smallest absolute Gasteiger partial charge is 0.321 e. The van der Waals surface area contributed by atoms with E-state index in [1.54, 1.807) is 0 Å². The molecule has 4 aromatic rings. The molecular formula is C27H27BrN2O4. The Morgan fingerprint density at radius 2 is 1.82 bits per heavy atom. The van der Waals surface area contributed by atoms with Crippen LogP contribution in [0.25, 0.3) is 10.9 Å². The molecule has 1 heterocycles. The van der Waals surface area contributed by atoms with E-state index in [1.165, 1.54) is 0 Å². The Balaban J connectivity index is 1.47. The van der Waals surface area contributed by atoms with Gasteiger partial charge in [-0.25, -0.2) is 0 Å². The number of hydrogen-bond acceptors (Lipinski definition) is 4. The van der Waals surface area contributed by atoms with Crippen molar-refractivity contribution in [3.8, 4) is 11.5 Å². The third-order valence-corrected chi connectivity index (χ3v) is 6.13. The largest absolute Gasteiger partial charge is 0.490 e. The molecule has 0 aliphatic heterocycles. The molecule has 34 heavy (non-hydrogen) atoms. The zero-order chi connectivity index (χ0) is 23.9. The third kappa shape index (κ3) is 5.79. The van der Waals surface area contributed by atoms with E-state index in [1.807, 2.05) is 79.9 Å². The first-order valence-electron chi connectivity index (χ1n) is 11.2. The summed E-state index contributed by atoms with van der Waals surface area (Å²) in [6.07, 6.45) is 2.25. The lowest BCUT2D eigenvalue weighted by Gasteiger charge is -2.18. The van der Waals surface area contributed by atoms with Crippen LogP contribution in [0.4, 0.5) is 0 Å². The number of nitrogens with one attached hydrogen (secondary N) is 2. The Kier molecular flexibility index (Phi) is 7.87. The second-order valence-corrected chi connectivity index (χ2v) is 8.80.